The number of ether oxygens (including phenoxy) is 1. The number of carbonyl (C=O) groups is 2. The number of alkyl carbamates (subject to hydrolysis) is 1. The van der Waals surface area contributed by atoms with Crippen LogP contribution in [0.2, 0.25) is 0 Å². The van der Waals surface area contributed by atoms with E-state index in [4.69, 9.17) is 4.74 Å². The number of amides is 2. The van der Waals surface area contributed by atoms with Crippen molar-refractivity contribution in [3.8, 4) is 0 Å². The van der Waals surface area contributed by atoms with E-state index in [0.717, 1.165) is 36.3 Å². The minimum absolute atomic E-state index is 0.0151. The summed E-state index contributed by atoms with van der Waals surface area (Å²) in [5.74, 6) is -0.0219. The first-order chi connectivity index (χ1) is 15.0. The Balaban J connectivity index is 1.50. The summed E-state index contributed by atoms with van der Waals surface area (Å²) >= 11 is 0. The summed E-state index contributed by atoms with van der Waals surface area (Å²) < 4.78 is 6.94. The lowest BCUT2D eigenvalue weighted by atomic mass is 10.1. The molecule has 0 radical (unpaired) electrons. The number of nitrogens with one attached hydrogen (secondary N) is 2. The molecule has 1 aromatic carbocycles. The predicted octanol–water partition coefficient (Wildman–Crippen LogP) is 2.37. The van der Waals surface area contributed by atoms with Crippen LogP contribution < -0.4 is 10.6 Å². The number of hydrogen-bond acceptors (Lipinski definition) is 5. The third-order valence-corrected chi connectivity index (χ3v) is 5.64. The first kappa shape index (κ1) is 22.8. The van der Waals surface area contributed by atoms with Crippen LogP contribution in [-0.2, 0) is 22.6 Å². The van der Waals surface area contributed by atoms with Crippen molar-refractivity contribution in [2.75, 3.05) is 26.2 Å². The Morgan fingerprint density at radius 1 is 1.23 bits per heavy atom. The largest absolute Gasteiger partial charge is 0.450 e. The number of piperidine rings is 1. The fraction of sp³-hybridized carbons (Fsp3) is 0.522. The number of hydrogen-bond donors (Lipinski definition) is 2. The molecular formula is C23H33N5O3. The van der Waals surface area contributed by atoms with E-state index in [1.807, 2.05) is 36.7 Å². The minimum atomic E-state index is -0.391. The van der Waals surface area contributed by atoms with Gasteiger partial charge in [-0.15, -0.1) is 0 Å². The molecule has 1 aliphatic rings. The Kier molecular flexibility index (Phi) is 8.06. The molecule has 1 aromatic heterocycles. The molecule has 1 aliphatic heterocycles. The summed E-state index contributed by atoms with van der Waals surface area (Å²) in [5.41, 5.74) is 4.26. The number of aromatic nitrogens is 2. The smallest absolute Gasteiger partial charge is 0.407 e. The molecule has 2 N–H and O–H groups in total. The van der Waals surface area contributed by atoms with Gasteiger partial charge in [-0.3, -0.25) is 14.4 Å². The van der Waals surface area contributed by atoms with E-state index in [9.17, 15) is 9.59 Å². The maximum Gasteiger partial charge on any atom is 0.407 e. The monoisotopic (exact) mass is 427 g/mol. The van der Waals surface area contributed by atoms with Crippen LogP contribution in [0.25, 0.3) is 0 Å². The molecule has 1 saturated heterocycles. The van der Waals surface area contributed by atoms with E-state index >= 15 is 0 Å². The van der Waals surface area contributed by atoms with Crippen molar-refractivity contribution in [2.45, 2.75) is 52.7 Å². The van der Waals surface area contributed by atoms with Crippen LogP contribution in [-0.4, -0.2) is 59.0 Å². The van der Waals surface area contributed by atoms with Gasteiger partial charge >= 0.3 is 6.09 Å². The van der Waals surface area contributed by atoms with Gasteiger partial charge in [0.15, 0.2) is 0 Å². The zero-order valence-electron chi connectivity index (χ0n) is 18.7. The Bertz CT molecular complexity index is 881. The molecule has 2 heterocycles. The number of likely N-dealkylation sites (tertiary alicyclic amines) is 1. The van der Waals surface area contributed by atoms with Crippen molar-refractivity contribution in [1.29, 1.82) is 0 Å². The lowest BCUT2D eigenvalue weighted by Crippen LogP contribution is -2.50. The van der Waals surface area contributed by atoms with E-state index in [0.29, 0.717) is 32.8 Å². The number of rotatable bonds is 8. The summed E-state index contributed by atoms with van der Waals surface area (Å²) in [4.78, 5) is 26.3. The standard InChI is InChI=1S/C23H33N5O3/c1-4-31-23(30)25-20-11-8-12-27(15-20)16-22(29)24-13-21-17(2)26-28(18(21)3)14-19-9-6-5-7-10-19/h5-7,9-10,20H,4,8,11-16H2,1-3H3,(H,24,29)(H,25,30). The summed E-state index contributed by atoms with van der Waals surface area (Å²) in [6, 6.07) is 10.2. The first-order valence-electron chi connectivity index (χ1n) is 11.0. The van der Waals surface area contributed by atoms with Gasteiger partial charge in [-0.25, -0.2) is 4.79 Å². The fourth-order valence-corrected chi connectivity index (χ4v) is 4.00. The average Bonchev–Trinajstić information content (AvgIpc) is 3.00. The molecule has 2 aromatic rings. The highest BCUT2D eigenvalue weighted by Gasteiger charge is 2.23. The van der Waals surface area contributed by atoms with Crippen LogP contribution in [0.3, 0.4) is 0 Å². The maximum absolute atomic E-state index is 12.5. The van der Waals surface area contributed by atoms with Crippen molar-refractivity contribution in [3.05, 3.63) is 52.8 Å². The minimum Gasteiger partial charge on any atom is -0.450 e. The van der Waals surface area contributed by atoms with E-state index in [1.54, 1.807) is 6.92 Å². The van der Waals surface area contributed by atoms with Gasteiger partial charge in [0.1, 0.15) is 0 Å². The molecule has 8 heteroatoms. The van der Waals surface area contributed by atoms with E-state index < -0.39 is 6.09 Å². The van der Waals surface area contributed by atoms with E-state index in [2.05, 4.69) is 32.8 Å². The van der Waals surface area contributed by atoms with E-state index in [-0.39, 0.29) is 11.9 Å². The van der Waals surface area contributed by atoms with Crippen LogP contribution >= 0.6 is 0 Å². The van der Waals surface area contributed by atoms with Gasteiger partial charge < -0.3 is 15.4 Å². The number of nitrogens with zero attached hydrogens (tertiary/aromatic N) is 3. The number of benzene rings is 1. The quantitative estimate of drug-likeness (QED) is 0.675. The normalized spacial score (nSPS) is 16.7. The molecule has 0 bridgehead atoms. The highest BCUT2D eigenvalue weighted by atomic mass is 16.5. The molecule has 1 atom stereocenters. The molecule has 0 saturated carbocycles. The van der Waals surface area contributed by atoms with E-state index in [1.165, 1.54) is 5.56 Å². The average molecular weight is 428 g/mol. The molecule has 3 rings (SSSR count). The van der Waals surface area contributed by atoms with Gasteiger partial charge in [0.25, 0.3) is 0 Å². The first-order valence-corrected chi connectivity index (χ1v) is 11.0. The van der Waals surface area contributed by atoms with Gasteiger partial charge in [0, 0.05) is 30.4 Å². The Morgan fingerprint density at radius 3 is 2.74 bits per heavy atom. The highest BCUT2D eigenvalue weighted by molar-refractivity contribution is 5.78. The Morgan fingerprint density at radius 2 is 2.00 bits per heavy atom. The molecule has 1 fully saturated rings. The second-order valence-corrected chi connectivity index (χ2v) is 8.01. The lowest BCUT2D eigenvalue weighted by molar-refractivity contribution is -0.122. The van der Waals surface area contributed by atoms with Crippen molar-refractivity contribution >= 4 is 12.0 Å². The molecular weight excluding hydrogens is 394 g/mol. The third kappa shape index (κ3) is 6.55. The second-order valence-electron chi connectivity index (χ2n) is 8.01. The van der Waals surface area contributed by atoms with Crippen LogP contribution in [0.4, 0.5) is 4.79 Å². The third-order valence-electron chi connectivity index (χ3n) is 5.64. The molecule has 2 amide bonds. The van der Waals surface area contributed by atoms with Crippen molar-refractivity contribution in [3.63, 3.8) is 0 Å². The Labute approximate surface area is 183 Å². The van der Waals surface area contributed by atoms with Gasteiger partial charge in [-0.1, -0.05) is 30.3 Å². The number of carbonyl (C=O) groups excluding carboxylic acids is 2. The van der Waals surface area contributed by atoms with Crippen molar-refractivity contribution in [1.82, 2.24) is 25.3 Å². The molecule has 31 heavy (non-hydrogen) atoms. The Hall–Kier alpha value is -2.87. The van der Waals surface area contributed by atoms with Crippen molar-refractivity contribution < 1.29 is 14.3 Å². The zero-order chi connectivity index (χ0) is 22.2. The zero-order valence-corrected chi connectivity index (χ0v) is 18.7. The van der Waals surface area contributed by atoms with Crippen molar-refractivity contribution in [2.24, 2.45) is 0 Å². The maximum atomic E-state index is 12.5. The van der Waals surface area contributed by atoms with Gasteiger partial charge in [-0.2, -0.15) is 5.10 Å². The van der Waals surface area contributed by atoms with Gasteiger partial charge in [-0.05, 0) is 45.7 Å². The van der Waals surface area contributed by atoms with Crippen LogP contribution in [0.1, 0.15) is 42.3 Å². The van der Waals surface area contributed by atoms with Gasteiger partial charge in [0.2, 0.25) is 5.91 Å². The van der Waals surface area contributed by atoms with Gasteiger partial charge in [0.05, 0.1) is 25.4 Å². The topological polar surface area (TPSA) is 88.5 Å². The van der Waals surface area contributed by atoms with Crippen LogP contribution in [0.15, 0.2) is 30.3 Å². The predicted molar refractivity (Wildman–Crippen MR) is 119 cm³/mol. The molecule has 0 spiro atoms. The molecule has 168 valence electrons. The van der Waals surface area contributed by atoms with Crippen LogP contribution in [0.5, 0.6) is 0 Å². The summed E-state index contributed by atoms with van der Waals surface area (Å²) in [6.45, 7) is 9.15. The molecule has 0 aliphatic carbocycles. The SMILES string of the molecule is CCOC(=O)NC1CCCN(CC(=O)NCc2c(C)nn(Cc3ccccc3)c2C)C1. The lowest BCUT2D eigenvalue weighted by Gasteiger charge is -2.32. The summed E-state index contributed by atoms with van der Waals surface area (Å²) in [6.07, 6.45) is 1.45. The molecule has 1 unspecified atom stereocenters. The second kappa shape index (κ2) is 10.9. The summed E-state index contributed by atoms with van der Waals surface area (Å²) in [7, 11) is 0. The highest BCUT2D eigenvalue weighted by Crippen LogP contribution is 2.15. The fourth-order valence-electron chi connectivity index (χ4n) is 4.00. The molecule has 8 nitrogen and oxygen atoms in total. The van der Waals surface area contributed by atoms with Crippen LogP contribution in [0, 0.1) is 13.8 Å². The number of aryl methyl sites for hydroxylation is 1. The summed E-state index contributed by atoms with van der Waals surface area (Å²) in [5, 5.41) is 10.6.